The Hall–Kier alpha value is -1.96. The Morgan fingerprint density at radius 2 is 2.25 bits per heavy atom. The smallest absolute Gasteiger partial charge is 0.316 e. The Bertz CT molecular complexity index is 479. The molecule has 1 aliphatic rings. The summed E-state index contributed by atoms with van der Waals surface area (Å²) in [6.07, 6.45) is 3.25. The maximum atomic E-state index is 11.7. The Kier molecular flexibility index (Phi) is 4.67. The number of anilines is 1. The molecule has 2 amide bonds. The number of amides is 2. The van der Waals surface area contributed by atoms with Crippen LogP contribution >= 0.6 is 0 Å². The molecule has 2 atom stereocenters. The molecule has 0 bridgehead atoms. The van der Waals surface area contributed by atoms with Gasteiger partial charge in [-0.1, -0.05) is 6.92 Å². The molecular formula is C12H19N5O3. The molecule has 0 saturated carbocycles. The van der Waals surface area contributed by atoms with E-state index in [-0.39, 0.29) is 12.1 Å². The zero-order valence-corrected chi connectivity index (χ0v) is 11.6. The van der Waals surface area contributed by atoms with E-state index in [1.165, 1.54) is 11.0 Å². The maximum Gasteiger partial charge on any atom is 0.316 e. The number of nitrogens with zero attached hydrogens (tertiary/aromatic N) is 3. The molecule has 0 spiro atoms. The van der Waals surface area contributed by atoms with Crippen LogP contribution in [0.2, 0.25) is 0 Å². The normalized spacial score (nSPS) is 22.3. The summed E-state index contributed by atoms with van der Waals surface area (Å²) in [4.78, 5) is 27.1. The van der Waals surface area contributed by atoms with Crippen LogP contribution in [0.4, 0.5) is 5.95 Å². The molecule has 1 aliphatic heterocycles. The van der Waals surface area contributed by atoms with Crippen molar-refractivity contribution < 1.29 is 14.3 Å². The van der Waals surface area contributed by atoms with Crippen LogP contribution in [0.25, 0.3) is 0 Å². The lowest BCUT2D eigenvalue weighted by Gasteiger charge is -2.26. The number of carbonyl (C=O) groups excluding carboxylic acids is 2. The second-order valence-corrected chi connectivity index (χ2v) is 5.01. The van der Waals surface area contributed by atoms with Gasteiger partial charge in [-0.2, -0.15) is 10.1 Å². The van der Waals surface area contributed by atoms with Crippen molar-refractivity contribution in [3.63, 3.8) is 0 Å². The minimum Gasteiger partial charge on any atom is -0.376 e. The molecule has 8 nitrogen and oxygen atoms in total. The molecule has 1 fully saturated rings. The average Bonchev–Trinajstić information content (AvgIpc) is 2.83. The Balaban J connectivity index is 1.74. The van der Waals surface area contributed by atoms with Crippen molar-refractivity contribution in [3.05, 3.63) is 6.33 Å². The highest BCUT2D eigenvalue weighted by molar-refractivity contribution is 6.39. The number of hydrogen-bond acceptors (Lipinski definition) is 5. The van der Waals surface area contributed by atoms with Gasteiger partial charge < -0.3 is 10.1 Å². The molecule has 0 unspecified atom stereocenters. The molecule has 2 rings (SSSR count). The molecule has 20 heavy (non-hydrogen) atoms. The predicted molar refractivity (Wildman–Crippen MR) is 70.8 cm³/mol. The molecule has 0 radical (unpaired) electrons. The molecule has 1 aromatic heterocycles. The topological polar surface area (TPSA) is 98.1 Å². The standard InChI is InChI=1S/C12H19N5O3/c1-8-3-4-9(20-6-8)5-13-10(18)11(19)16-12-14-7-15-17(12)2/h7-9H,3-6H2,1-2H3,(H,13,18)(H,14,15,16,19)/t8-,9+/m1/s1. The fourth-order valence-electron chi connectivity index (χ4n) is 1.95. The lowest BCUT2D eigenvalue weighted by atomic mass is 10.0. The summed E-state index contributed by atoms with van der Waals surface area (Å²) in [5.41, 5.74) is 0. The van der Waals surface area contributed by atoms with Gasteiger partial charge in [-0.3, -0.25) is 14.9 Å². The Morgan fingerprint density at radius 3 is 2.85 bits per heavy atom. The molecule has 1 saturated heterocycles. The number of aryl methyl sites for hydroxylation is 1. The molecule has 2 heterocycles. The van der Waals surface area contributed by atoms with Crippen LogP contribution < -0.4 is 10.6 Å². The maximum absolute atomic E-state index is 11.7. The van der Waals surface area contributed by atoms with Gasteiger partial charge in [0, 0.05) is 20.2 Å². The monoisotopic (exact) mass is 281 g/mol. The number of carbonyl (C=O) groups is 2. The van der Waals surface area contributed by atoms with Crippen molar-refractivity contribution in [2.75, 3.05) is 18.5 Å². The van der Waals surface area contributed by atoms with Gasteiger partial charge in [0.25, 0.3) is 0 Å². The first-order chi connectivity index (χ1) is 9.56. The molecule has 0 aromatic carbocycles. The summed E-state index contributed by atoms with van der Waals surface area (Å²) >= 11 is 0. The van der Waals surface area contributed by atoms with Crippen molar-refractivity contribution in [2.45, 2.75) is 25.9 Å². The number of hydrogen-bond donors (Lipinski definition) is 2. The summed E-state index contributed by atoms with van der Waals surface area (Å²) in [6.45, 7) is 3.17. The van der Waals surface area contributed by atoms with E-state index in [0.717, 1.165) is 12.8 Å². The number of nitrogens with one attached hydrogen (secondary N) is 2. The van der Waals surface area contributed by atoms with E-state index in [1.54, 1.807) is 7.05 Å². The number of rotatable bonds is 3. The summed E-state index contributed by atoms with van der Waals surface area (Å²) in [6, 6.07) is 0. The van der Waals surface area contributed by atoms with Crippen LogP contribution in [0.3, 0.4) is 0 Å². The van der Waals surface area contributed by atoms with Crippen molar-refractivity contribution in [1.29, 1.82) is 0 Å². The minimum atomic E-state index is -0.759. The summed E-state index contributed by atoms with van der Waals surface area (Å²) < 4.78 is 6.94. The lowest BCUT2D eigenvalue weighted by molar-refractivity contribution is -0.136. The number of ether oxygens (including phenoxy) is 1. The summed E-state index contributed by atoms with van der Waals surface area (Å²) in [5.74, 6) is -0.672. The van der Waals surface area contributed by atoms with Gasteiger partial charge >= 0.3 is 11.8 Å². The second kappa shape index (κ2) is 6.47. The SMILES string of the molecule is C[C@@H]1CC[C@@H](CNC(=O)C(=O)Nc2ncnn2C)OC1. The average molecular weight is 281 g/mol. The quantitative estimate of drug-likeness (QED) is 0.740. The Labute approximate surface area is 116 Å². The molecule has 8 heteroatoms. The van der Waals surface area contributed by atoms with Gasteiger partial charge in [0.2, 0.25) is 5.95 Å². The van der Waals surface area contributed by atoms with E-state index in [2.05, 4.69) is 27.6 Å². The van der Waals surface area contributed by atoms with E-state index >= 15 is 0 Å². The van der Waals surface area contributed by atoms with Crippen LogP contribution in [0.15, 0.2) is 6.33 Å². The van der Waals surface area contributed by atoms with Gasteiger partial charge in [0.1, 0.15) is 6.33 Å². The summed E-state index contributed by atoms with van der Waals surface area (Å²) in [7, 11) is 1.62. The van der Waals surface area contributed by atoms with E-state index < -0.39 is 11.8 Å². The first-order valence-corrected chi connectivity index (χ1v) is 6.61. The van der Waals surface area contributed by atoms with Crippen LogP contribution in [0.5, 0.6) is 0 Å². The van der Waals surface area contributed by atoms with Gasteiger partial charge in [-0.05, 0) is 18.8 Å². The highest BCUT2D eigenvalue weighted by atomic mass is 16.5. The van der Waals surface area contributed by atoms with E-state index in [9.17, 15) is 9.59 Å². The third kappa shape index (κ3) is 3.77. The Morgan fingerprint density at radius 1 is 1.45 bits per heavy atom. The van der Waals surface area contributed by atoms with E-state index in [0.29, 0.717) is 19.1 Å². The molecule has 2 N–H and O–H groups in total. The van der Waals surface area contributed by atoms with Crippen LogP contribution in [0, 0.1) is 5.92 Å². The third-order valence-corrected chi connectivity index (χ3v) is 3.23. The predicted octanol–water partition coefficient (Wildman–Crippen LogP) is -0.315. The molecular weight excluding hydrogens is 262 g/mol. The second-order valence-electron chi connectivity index (χ2n) is 5.01. The minimum absolute atomic E-state index is 0.0159. The number of aromatic nitrogens is 3. The summed E-state index contributed by atoms with van der Waals surface area (Å²) in [5, 5.41) is 8.74. The first-order valence-electron chi connectivity index (χ1n) is 6.61. The highest BCUT2D eigenvalue weighted by Gasteiger charge is 2.21. The van der Waals surface area contributed by atoms with Gasteiger partial charge in [-0.25, -0.2) is 4.68 Å². The van der Waals surface area contributed by atoms with E-state index in [1.807, 2.05) is 0 Å². The third-order valence-electron chi connectivity index (χ3n) is 3.23. The van der Waals surface area contributed by atoms with Gasteiger partial charge in [0.05, 0.1) is 6.10 Å². The van der Waals surface area contributed by atoms with Gasteiger partial charge in [-0.15, -0.1) is 0 Å². The van der Waals surface area contributed by atoms with Crippen molar-refractivity contribution >= 4 is 17.8 Å². The van der Waals surface area contributed by atoms with Crippen LogP contribution in [-0.4, -0.2) is 45.8 Å². The van der Waals surface area contributed by atoms with Crippen molar-refractivity contribution in [3.8, 4) is 0 Å². The largest absolute Gasteiger partial charge is 0.376 e. The zero-order chi connectivity index (χ0) is 14.5. The fraction of sp³-hybridized carbons (Fsp3) is 0.667. The first kappa shape index (κ1) is 14.4. The van der Waals surface area contributed by atoms with Crippen molar-refractivity contribution in [1.82, 2.24) is 20.1 Å². The molecule has 110 valence electrons. The zero-order valence-electron chi connectivity index (χ0n) is 11.6. The molecule has 0 aliphatic carbocycles. The lowest BCUT2D eigenvalue weighted by Crippen LogP contribution is -2.42. The van der Waals surface area contributed by atoms with Crippen LogP contribution in [-0.2, 0) is 21.4 Å². The van der Waals surface area contributed by atoms with Crippen molar-refractivity contribution in [2.24, 2.45) is 13.0 Å². The van der Waals surface area contributed by atoms with Gasteiger partial charge in [0.15, 0.2) is 0 Å². The highest BCUT2D eigenvalue weighted by Crippen LogP contribution is 2.17. The fourth-order valence-corrected chi connectivity index (χ4v) is 1.95. The van der Waals surface area contributed by atoms with E-state index in [4.69, 9.17) is 4.74 Å². The molecule has 1 aromatic rings. The van der Waals surface area contributed by atoms with Crippen LogP contribution in [0.1, 0.15) is 19.8 Å².